The summed E-state index contributed by atoms with van der Waals surface area (Å²) >= 11 is 7.61. The molecule has 0 saturated carbocycles. The highest BCUT2D eigenvalue weighted by molar-refractivity contribution is 7.19. The third-order valence-electron chi connectivity index (χ3n) is 6.09. The second kappa shape index (κ2) is 9.12. The van der Waals surface area contributed by atoms with Crippen LogP contribution >= 0.6 is 22.9 Å². The lowest BCUT2D eigenvalue weighted by Gasteiger charge is -2.19. The lowest BCUT2D eigenvalue weighted by Crippen LogP contribution is -2.33. The Bertz CT molecular complexity index is 1440. The van der Waals surface area contributed by atoms with Gasteiger partial charge in [-0.3, -0.25) is 14.2 Å². The standard InChI is InChI=1S/C26H26ClN3O2S/c1-6-21(24(31)29-20-12-19(27)10-8-15(20)3)30-13-28-25-23(26(30)32)22(17(5)33-25)18-9-7-14(2)16(4)11-18/h7-13,21H,6H2,1-5H3,(H,29,31). The van der Waals surface area contributed by atoms with Gasteiger partial charge in [0.1, 0.15) is 10.9 Å². The summed E-state index contributed by atoms with van der Waals surface area (Å²) in [5.74, 6) is -0.272. The minimum Gasteiger partial charge on any atom is -0.324 e. The number of nitrogens with one attached hydrogen (secondary N) is 1. The van der Waals surface area contributed by atoms with E-state index in [1.165, 1.54) is 27.8 Å². The van der Waals surface area contributed by atoms with Crippen molar-refractivity contribution in [1.29, 1.82) is 0 Å². The second-order valence-electron chi connectivity index (χ2n) is 8.34. The van der Waals surface area contributed by atoms with E-state index in [1.807, 2.05) is 32.9 Å². The predicted octanol–water partition coefficient (Wildman–Crippen LogP) is 6.60. The zero-order valence-corrected chi connectivity index (χ0v) is 20.9. The molecule has 0 aliphatic heterocycles. The zero-order chi connectivity index (χ0) is 23.9. The number of rotatable bonds is 5. The maximum absolute atomic E-state index is 13.7. The molecular weight excluding hydrogens is 454 g/mol. The van der Waals surface area contributed by atoms with Crippen molar-refractivity contribution in [2.75, 3.05) is 5.32 Å². The molecule has 1 atom stereocenters. The van der Waals surface area contributed by atoms with Crippen LogP contribution < -0.4 is 10.9 Å². The molecule has 2 heterocycles. The van der Waals surface area contributed by atoms with Crippen LogP contribution in [0.25, 0.3) is 21.3 Å². The third-order valence-corrected chi connectivity index (χ3v) is 7.34. The quantitative estimate of drug-likeness (QED) is 0.350. The van der Waals surface area contributed by atoms with Crippen LogP contribution in [0.1, 0.15) is 41.0 Å². The first-order valence-corrected chi connectivity index (χ1v) is 12.1. The minimum absolute atomic E-state index is 0.206. The lowest BCUT2D eigenvalue weighted by molar-refractivity contribution is -0.119. The fourth-order valence-corrected chi connectivity index (χ4v) is 5.21. The van der Waals surface area contributed by atoms with Crippen LogP contribution in [0.2, 0.25) is 5.02 Å². The van der Waals surface area contributed by atoms with E-state index in [2.05, 4.69) is 36.3 Å². The van der Waals surface area contributed by atoms with Crippen molar-refractivity contribution < 1.29 is 4.79 Å². The van der Waals surface area contributed by atoms with Crippen LogP contribution in [-0.4, -0.2) is 15.5 Å². The van der Waals surface area contributed by atoms with E-state index in [0.717, 1.165) is 27.1 Å². The Labute approximate surface area is 202 Å². The largest absolute Gasteiger partial charge is 0.324 e. The lowest BCUT2D eigenvalue weighted by atomic mass is 9.99. The molecule has 7 heteroatoms. The fourth-order valence-electron chi connectivity index (χ4n) is 4.04. The van der Waals surface area contributed by atoms with Gasteiger partial charge in [0.05, 0.1) is 11.7 Å². The fraction of sp³-hybridized carbons (Fsp3) is 0.269. The number of aryl methyl sites for hydroxylation is 4. The Balaban J connectivity index is 1.81. The predicted molar refractivity (Wildman–Crippen MR) is 138 cm³/mol. The van der Waals surface area contributed by atoms with Crippen molar-refractivity contribution in [3.63, 3.8) is 0 Å². The molecule has 4 rings (SSSR count). The van der Waals surface area contributed by atoms with E-state index in [0.29, 0.717) is 27.3 Å². The number of carbonyl (C=O) groups is 1. The van der Waals surface area contributed by atoms with Gasteiger partial charge < -0.3 is 5.32 Å². The smallest absolute Gasteiger partial charge is 0.263 e. The van der Waals surface area contributed by atoms with Crippen LogP contribution in [0.15, 0.2) is 47.5 Å². The van der Waals surface area contributed by atoms with E-state index in [4.69, 9.17) is 11.6 Å². The first-order chi connectivity index (χ1) is 15.7. The van der Waals surface area contributed by atoms with Gasteiger partial charge in [-0.15, -0.1) is 11.3 Å². The molecule has 0 bridgehead atoms. The van der Waals surface area contributed by atoms with Gasteiger partial charge in [0.25, 0.3) is 5.56 Å². The molecule has 0 saturated heterocycles. The number of benzene rings is 2. The molecule has 2 aromatic carbocycles. The van der Waals surface area contributed by atoms with Crippen LogP contribution in [0.5, 0.6) is 0 Å². The van der Waals surface area contributed by atoms with Gasteiger partial charge in [0, 0.05) is 21.2 Å². The second-order valence-corrected chi connectivity index (χ2v) is 9.98. The minimum atomic E-state index is -0.694. The zero-order valence-electron chi connectivity index (χ0n) is 19.3. The summed E-state index contributed by atoms with van der Waals surface area (Å²) in [6.07, 6.45) is 1.93. The first kappa shape index (κ1) is 23.2. The normalized spacial score (nSPS) is 12.2. The summed E-state index contributed by atoms with van der Waals surface area (Å²) in [5.41, 5.74) is 5.58. The highest BCUT2D eigenvalue weighted by Gasteiger charge is 2.24. The Morgan fingerprint density at radius 1 is 1.09 bits per heavy atom. The van der Waals surface area contributed by atoms with Gasteiger partial charge >= 0.3 is 0 Å². The maximum atomic E-state index is 13.7. The number of anilines is 1. The number of thiophene rings is 1. The van der Waals surface area contributed by atoms with Crippen molar-refractivity contribution >= 4 is 44.7 Å². The molecule has 2 aromatic heterocycles. The number of hydrogen-bond acceptors (Lipinski definition) is 4. The van der Waals surface area contributed by atoms with Crippen LogP contribution in [-0.2, 0) is 4.79 Å². The van der Waals surface area contributed by atoms with Gasteiger partial charge in [0.15, 0.2) is 0 Å². The molecule has 0 aliphatic carbocycles. The maximum Gasteiger partial charge on any atom is 0.263 e. The van der Waals surface area contributed by atoms with E-state index in [1.54, 1.807) is 12.1 Å². The Hall–Kier alpha value is -2.96. The molecule has 1 amide bonds. The SMILES string of the molecule is CCC(C(=O)Nc1cc(Cl)ccc1C)n1cnc2sc(C)c(-c3ccc(C)c(C)c3)c2c1=O. The molecule has 170 valence electrons. The summed E-state index contributed by atoms with van der Waals surface area (Å²) in [4.78, 5) is 33.2. The van der Waals surface area contributed by atoms with Crippen LogP contribution in [0.4, 0.5) is 5.69 Å². The molecule has 0 aliphatic rings. The summed E-state index contributed by atoms with van der Waals surface area (Å²) in [6, 6.07) is 10.9. The number of nitrogens with zero attached hydrogens (tertiary/aromatic N) is 2. The summed E-state index contributed by atoms with van der Waals surface area (Å²) in [5, 5.41) is 4.03. The van der Waals surface area contributed by atoms with E-state index < -0.39 is 6.04 Å². The summed E-state index contributed by atoms with van der Waals surface area (Å²) in [7, 11) is 0. The highest BCUT2D eigenvalue weighted by Crippen LogP contribution is 2.36. The number of halogens is 1. The molecular formula is C26H26ClN3O2S. The molecule has 4 aromatic rings. The molecule has 1 N–H and O–H groups in total. The topological polar surface area (TPSA) is 64.0 Å². The Morgan fingerprint density at radius 2 is 1.82 bits per heavy atom. The highest BCUT2D eigenvalue weighted by atomic mass is 35.5. The monoisotopic (exact) mass is 479 g/mol. The van der Waals surface area contributed by atoms with Gasteiger partial charge in [-0.1, -0.05) is 42.8 Å². The first-order valence-electron chi connectivity index (χ1n) is 10.9. The van der Waals surface area contributed by atoms with Crippen molar-refractivity contribution in [2.24, 2.45) is 0 Å². The van der Waals surface area contributed by atoms with E-state index in [-0.39, 0.29) is 11.5 Å². The Morgan fingerprint density at radius 3 is 2.52 bits per heavy atom. The van der Waals surface area contributed by atoms with Crippen molar-refractivity contribution in [3.05, 3.63) is 79.7 Å². The molecule has 5 nitrogen and oxygen atoms in total. The summed E-state index contributed by atoms with van der Waals surface area (Å²) < 4.78 is 1.45. The average molecular weight is 480 g/mol. The van der Waals surface area contributed by atoms with Crippen molar-refractivity contribution in [1.82, 2.24) is 9.55 Å². The molecule has 0 fully saturated rings. The Kier molecular flexibility index (Phi) is 6.41. The van der Waals surface area contributed by atoms with Crippen LogP contribution in [0, 0.1) is 27.7 Å². The average Bonchev–Trinajstić information content (AvgIpc) is 3.11. The van der Waals surface area contributed by atoms with E-state index >= 15 is 0 Å². The number of amides is 1. The molecule has 33 heavy (non-hydrogen) atoms. The van der Waals surface area contributed by atoms with Gasteiger partial charge in [0.2, 0.25) is 5.91 Å². The van der Waals surface area contributed by atoms with E-state index in [9.17, 15) is 9.59 Å². The number of fused-ring (bicyclic) bond motifs is 1. The van der Waals surface area contributed by atoms with Crippen molar-refractivity contribution in [3.8, 4) is 11.1 Å². The number of carbonyl (C=O) groups excluding carboxylic acids is 1. The molecule has 1 unspecified atom stereocenters. The number of aromatic nitrogens is 2. The summed E-state index contributed by atoms with van der Waals surface area (Å²) in [6.45, 7) is 9.92. The third kappa shape index (κ3) is 4.33. The van der Waals surface area contributed by atoms with Gasteiger partial charge in [-0.25, -0.2) is 4.98 Å². The van der Waals surface area contributed by atoms with Crippen LogP contribution in [0.3, 0.4) is 0 Å². The van der Waals surface area contributed by atoms with Gasteiger partial charge in [-0.05, 0) is 68.5 Å². The molecule has 0 spiro atoms. The number of hydrogen-bond donors (Lipinski definition) is 1. The van der Waals surface area contributed by atoms with Gasteiger partial charge in [-0.2, -0.15) is 0 Å². The molecule has 0 radical (unpaired) electrons. The van der Waals surface area contributed by atoms with Crippen molar-refractivity contribution in [2.45, 2.75) is 47.1 Å².